The molecule has 1 amide bonds. The SMILES string of the molecule is O=C([C@@H]1CCCN(S(=O)(=O)c2ccc3ccccc3c2)C1)N1CCCC1. The van der Waals surface area contributed by atoms with Crippen LogP contribution < -0.4 is 0 Å². The van der Waals surface area contributed by atoms with Gasteiger partial charge in [0.05, 0.1) is 10.8 Å². The van der Waals surface area contributed by atoms with Gasteiger partial charge in [-0.3, -0.25) is 4.79 Å². The van der Waals surface area contributed by atoms with Crippen LogP contribution in [0.25, 0.3) is 10.8 Å². The molecule has 2 heterocycles. The lowest BCUT2D eigenvalue weighted by Crippen LogP contribution is -2.46. The van der Waals surface area contributed by atoms with Gasteiger partial charge in [0.15, 0.2) is 0 Å². The van der Waals surface area contributed by atoms with E-state index < -0.39 is 10.0 Å². The van der Waals surface area contributed by atoms with Gasteiger partial charge in [0.2, 0.25) is 15.9 Å². The minimum atomic E-state index is -3.58. The van der Waals surface area contributed by atoms with Crippen LogP contribution in [0.2, 0.25) is 0 Å². The molecule has 0 saturated carbocycles. The zero-order chi connectivity index (χ0) is 18.1. The Labute approximate surface area is 154 Å². The molecule has 0 N–H and O–H groups in total. The van der Waals surface area contributed by atoms with Crippen LogP contribution >= 0.6 is 0 Å². The Balaban J connectivity index is 1.57. The van der Waals surface area contributed by atoms with Crippen molar-refractivity contribution in [1.29, 1.82) is 0 Å². The Kier molecular flexibility index (Phi) is 4.71. The summed E-state index contributed by atoms with van der Waals surface area (Å²) in [4.78, 5) is 14.9. The Morgan fingerprint density at radius 3 is 2.42 bits per heavy atom. The third kappa shape index (κ3) is 3.23. The Morgan fingerprint density at radius 2 is 1.65 bits per heavy atom. The lowest BCUT2D eigenvalue weighted by atomic mass is 9.98. The van der Waals surface area contributed by atoms with Gasteiger partial charge in [-0.1, -0.05) is 30.3 Å². The van der Waals surface area contributed by atoms with E-state index in [1.807, 2.05) is 35.2 Å². The van der Waals surface area contributed by atoms with Crippen LogP contribution in [0.3, 0.4) is 0 Å². The van der Waals surface area contributed by atoms with Crippen molar-refractivity contribution in [3.63, 3.8) is 0 Å². The summed E-state index contributed by atoms with van der Waals surface area (Å²) in [6.45, 7) is 2.41. The van der Waals surface area contributed by atoms with Crippen molar-refractivity contribution in [2.75, 3.05) is 26.2 Å². The van der Waals surface area contributed by atoms with Crippen molar-refractivity contribution in [1.82, 2.24) is 9.21 Å². The van der Waals surface area contributed by atoms with Gasteiger partial charge in [-0.2, -0.15) is 4.31 Å². The average Bonchev–Trinajstić information content (AvgIpc) is 3.22. The summed E-state index contributed by atoms with van der Waals surface area (Å²) in [7, 11) is -3.58. The summed E-state index contributed by atoms with van der Waals surface area (Å²) in [5.74, 6) is -0.0852. The number of nitrogens with zero attached hydrogens (tertiary/aromatic N) is 2. The maximum atomic E-state index is 13.1. The normalized spacial score (nSPS) is 22.0. The fraction of sp³-hybridized carbons (Fsp3) is 0.450. The first-order valence-corrected chi connectivity index (χ1v) is 10.8. The fourth-order valence-electron chi connectivity index (χ4n) is 4.03. The molecular formula is C20H24N2O3S. The molecule has 0 spiro atoms. The summed E-state index contributed by atoms with van der Waals surface area (Å²) in [5.41, 5.74) is 0. The van der Waals surface area contributed by atoms with Crippen LogP contribution in [0.4, 0.5) is 0 Å². The number of benzene rings is 2. The van der Waals surface area contributed by atoms with Crippen LogP contribution in [0.15, 0.2) is 47.4 Å². The molecule has 0 aliphatic carbocycles. The largest absolute Gasteiger partial charge is 0.342 e. The van der Waals surface area contributed by atoms with Gasteiger partial charge in [-0.05, 0) is 48.6 Å². The molecule has 0 aromatic heterocycles. The molecule has 2 aromatic carbocycles. The number of amides is 1. The van der Waals surface area contributed by atoms with Crippen molar-refractivity contribution in [2.45, 2.75) is 30.6 Å². The van der Waals surface area contributed by atoms with Gasteiger partial charge < -0.3 is 4.90 Å². The predicted octanol–water partition coefficient (Wildman–Crippen LogP) is 2.86. The highest BCUT2D eigenvalue weighted by Gasteiger charge is 2.35. The molecule has 1 atom stereocenters. The van der Waals surface area contributed by atoms with Crippen molar-refractivity contribution >= 4 is 26.7 Å². The molecule has 2 aliphatic heterocycles. The fourth-order valence-corrected chi connectivity index (χ4v) is 5.59. The maximum absolute atomic E-state index is 13.1. The molecule has 0 radical (unpaired) electrons. The molecule has 2 aliphatic rings. The van der Waals surface area contributed by atoms with Gasteiger partial charge in [-0.25, -0.2) is 8.42 Å². The molecule has 2 aromatic rings. The third-order valence-electron chi connectivity index (χ3n) is 5.51. The van der Waals surface area contributed by atoms with Gasteiger partial charge in [0, 0.05) is 26.2 Å². The number of rotatable bonds is 3. The lowest BCUT2D eigenvalue weighted by molar-refractivity contribution is -0.135. The number of carbonyl (C=O) groups excluding carboxylic acids is 1. The quantitative estimate of drug-likeness (QED) is 0.832. The molecular weight excluding hydrogens is 348 g/mol. The van der Waals surface area contributed by atoms with Crippen molar-refractivity contribution in [3.05, 3.63) is 42.5 Å². The van der Waals surface area contributed by atoms with E-state index in [-0.39, 0.29) is 11.8 Å². The minimum Gasteiger partial charge on any atom is -0.342 e. The van der Waals surface area contributed by atoms with Gasteiger partial charge in [0.1, 0.15) is 0 Å². The molecule has 6 heteroatoms. The van der Waals surface area contributed by atoms with Crippen molar-refractivity contribution in [3.8, 4) is 0 Å². The average molecular weight is 372 g/mol. The van der Waals surface area contributed by atoms with Crippen LogP contribution in [0.1, 0.15) is 25.7 Å². The van der Waals surface area contributed by atoms with E-state index in [1.54, 1.807) is 12.1 Å². The van der Waals surface area contributed by atoms with Crippen LogP contribution in [0, 0.1) is 5.92 Å². The van der Waals surface area contributed by atoms with Crippen molar-refractivity contribution < 1.29 is 13.2 Å². The van der Waals surface area contributed by atoms with E-state index in [9.17, 15) is 13.2 Å². The topological polar surface area (TPSA) is 57.7 Å². The van der Waals surface area contributed by atoms with Crippen LogP contribution in [0.5, 0.6) is 0 Å². The number of piperidine rings is 1. The molecule has 26 heavy (non-hydrogen) atoms. The van der Waals surface area contributed by atoms with E-state index in [1.165, 1.54) is 4.31 Å². The summed E-state index contributed by atoms with van der Waals surface area (Å²) >= 11 is 0. The second kappa shape index (κ2) is 7.00. The molecule has 138 valence electrons. The molecule has 2 saturated heterocycles. The second-order valence-electron chi connectivity index (χ2n) is 7.24. The van der Waals surface area contributed by atoms with E-state index in [2.05, 4.69) is 0 Å². The molecule has 4 rings (SSSR count). The summed E-state index contributed by atoms with van der Waals surface area (Å²) in [5, 5.41) is 1.93. The number of fused-ring (bicyclic) bond motifs is 1. The van der Waals surface area contributed by atoms with E-state index >= 15 is 0 Å². The first-order chi connectivity index (χ1) is 12.6. The zero-order valence-electron chi connectivity index (χ0n) is 14.8. The monoisotopic (exact) mass is 372 g/mol. The standard InChI is InChI=1S/C20H24N2O3S/c23-20(21-11-3-4-12-21)18-8-5-13-22(15-18)26(24,25)19-10-9-16-6-1-2-7-17(16)14-19/h1-2,6-7,9-10,14,18H,3-5,8,11-13,15H2/t18-/m1/s1. The highest BCUT2D eigenvalue weighted by Crippen LogP contribution is 2.27. The Hall–Kier alpha value is -1.92. The number of hydrogen-bond acceptors (Lipinski definition) is 3. The van der Waals surface area contributed by atoms with Crippen molar-refractivity contribution in [2.24, 2.45) is 5.92 Å². The number of hydrogen-bond donors (Lipinski definition) is 0. The molecule has 0 unspecified atom stereocenters. The first kappa shape index (κ1) is 17.5. The maximum Gasteiger partial charge on any atom is 0.243 e. The summed E-state index contributed by atoms with van der Waals surface area (Å²) in [6.07, 6.45) is 3.62. The van der Waals surface area contributed by atoms with E-state index in [0.29, 0.717) is 18.0 Å². The second-order valence-corrected chi connectivity index (χ2v) is 9.18. The summed E-state index contributed by atoms with van der Waals surface area (Å²) in [6, 6.07) is 13.0. The highest BCUT2D eigenvalue weighted by atomic mass is 32.2. The van der Waals surface area contributed by atoms with Crippen LogP contribution in [-0.4, -0.2) is 49.7 Å². The van der Waals surface area contributed by atoms with E-state index in [4.69, 9.17) is 0 Å². The number of sulfonamides is 1. The van der Waals surface area contributed by atoms with Gasteiger partial charge in [0.25, 0.3) is 0 Å². The number of carbonyl (C=O) groups is 1. The van der Waals surface area contributed by atoms with Gasteiger partial charge in [-0.15, -0.1) is 0 Å². The molecule has 0 bridgehead atoms. The molecule has 5 nitrogen and oxygen atoms in total. The molecule has 2 fully saturated rings. The Morgan fingerprint density at radius 1 is 0.923 bits per heavy atom. The summed E-state index contributed by atoms with van der Waals surface area (Å²) < 4.78 is 27.7. The minimum absolute atomic E-state index is 0.126. The van der Waals surface area contributed by atoms with Crippen LogP contribution in [-0.2, 0) is 14.8 Å². The highest BCUT2D eigenvalue weighted by molar-refractivity contribution is 7.89. The van der Waals surface area contributed by atoms with E-state index in [0.717, 1.165) is 49.5 Å². The first-order valence-electron chi connectivity index (χ1n) is 9.33. The smallest absolute Gasteiger partial charge is 0.243 e. The lowest BCUT2D eigenvalue weighted by Gasteiger charge is -2.33. The third-order valence-corrected chi connectivity index (χ3v) is 7.37. The Bertz CT molecular complexity index is 920. The predicted molar refractivity (Wildman–Crippen MR) is 101 cm³/mol. The zero-order valence-corrected chi connectivity index (χ0v) is 15.6. The van der Waals surface area contributed by atoms with Gasteiger partial charge >= 0.3 is 0 Å². The number of likely N-dealkylation sites (tertiary alicyclic amines) is 1.